The SMILES string of the molecule is Cc1ccc(N2CC(C(=O)NCC(C(=O)O)c3ccc(F)cc3)CC2=O)cc1. The molecule has 2 atom stereocenters. The lowest BCUT2D eigenvalue weighted by Crippen LogP contribution is -2.37. The van der Waals surface area contributed by atoms with Crippen LogP contribution in [0.3, 0.4) is 0 Å². The minimum Gasteiger partial charge on any atom is -0.481 e. The maximum Gasteiger partial charge on any atom is 0.312 e. The lowest BCUT2D eigenvalue weighted by molar-refractivity contribution is -0.138. The molecule has 1 aliphatic rings. The second kappa shape index (κ2) is 8.21. The van der Waals surface area contributed by atoms with Gasteiger partial charge in [-0.1, -0.05) is 29.8 Å². The van der Waals surface area contributed by atoms with Gasteiger partial charge >= 0.3 is 5.97 Å². The van der Waals surface area contributed by atoms with Gasteiger partial charge in [0.2, 0.25) is 11.8 Å². The average molecular weight is 384 g/mol. The van der Waals surface area contributed by atoms with Gasteiger partial charge in [0.15, 0.2) is 0 Å². The predicted octanol–water partition coefficient (Wildman–Crippen LogP) is 2.47. The maximum absolute atomic E-state index is 13.1. The van der Waals surface area contributed by atoms with Crippen LogP contribution in [0.1, 0.15) is 23.5 Å². The molecule has 7 heteroatoms. The molecule has 146 valence electrons. The molecule has 0 aliphatic carbocycles. The van der Waals surface area contributed by atoms with Crippen molar-refractivity contribution in [3.63, 3.8) is 0 Å². The molecular formula is C21H21FN2O4. The Hall–Kier alpha value is -3.22. The number of aryl methyl sites for hydroxylation is 1. The normalized spacial score (nSPS) is 17.4. The standard InChI is InChI=1S/C21H21FN2O4/c1-13-2-8-17(9-3-13)24-12-15(10-19(24)25)20(26)23-11-18(21(27)28)14-4-6-16(22)7-5-14/h2-9,15,18H,10-12H2,1H3,(H,23,26)(H,27,28). The molecule has 1 aliphatic heterocycles. The molecule has 0 radical (unpaired) electrons. The summed E-state index contributed by atoms with van der Waals surface area (Å²) in [7, 11) is 0. The molecule has 0 bridgehead atoms. The van der Waals surface area contributed by atoms with Gasteiger partial charge < -0.3 is 15.3 Å². The minimum atomic E-state index is -1.12. The number of amides is 2. The topological polar surface area (TPSA) is 86.7 Å². The number of aliphatic carboxylic acids is 1. The Labute approximate surface area is 162 Å². The summed E-state index contributed by atoms with van der Waals surface area (Å²) in [5, 5.41) is 12.1. The zero-order valence-corrected chi connectivity index (χ0v) is 15.4. The molecule has 2 unspecified atom stereocenters. The third-order valence-electron chi connectivity index (χ3n) is 4.89. The molecule has 0 spiro atoms. The van der Waals surface area contributed by atoms with Crippen LogP contribution in [0.2, 0.25) is 0 Å². The van der Waals surface area contributed by atoms with E-state index in [9.17, 15) is 23.9 Å². The maximum atomic E-state index is 13.1. The van der Waals surface area contributed by atoms with Crippen molar-refractivity contribution in [3.8, 4) is 0 Å². The van der Waals surface area contributed by atoms with Crippen molar-refractivity contribution in [1.29, 1.82) is 0 Å². The van der Waals surface area contributed by atoms with Crippen LogP contribution in [0.5, 0.6) is 0 Å². The minimum absolute atomic E-state index is 0.0774. The molecule has 2 aromatic rings. The zero-order chi connectivity index (χ0) is 20.3. The fourth-order valence-electron chi connectivity index (χ4n) is 3.25. The number of hydrogen-bond acceptors (Lipinski definition) is 3. The van der Waals surface area contributed by atoms with Crippen molar-refractivity contribution in [2.24, 2.45) is 5.92 Å². The first-order chi connectivity index (χ1) is 13.3. The third-order valence-corrected chi connectivity index (χ3v) is 4.89. The predicted molar refractivity (Wildman–Crippen MR) is 101 cm³/mol. The number of carboxylic acids is 1. The lowest BCUT2D eigenvalue weighted by atomic mass is 9.98. The first kappa shape index (κ1) is 19.5. The van der Waals surface area contributed by atoms with Crippen LogP contribution in [0, 0.1) is 18.7 Å². The molecular weight excluding hydrogens is 363 g/mol. The van der Waals surface area contributed by atoms with Crippen LogP contribution in [-0.4, -0.2) is 36.0 Å². The summed E-state index contributed by atoms with van der Waals surface area (Å²) in [6, 6.07) is 12.6. The summed E-state index contributed by atoms with van der Waals surface area (Å²) in [4.78, 5) is 37.9. The average Bonchev–Trinajstić information content (AvgIpc) is 3.05. The second-order valence-electron chi connectivity index (χ2n) is 6.93. The van der Waals surface area contributed by atoms with Gasteiger partial charge in [0.25, 0.3) is 0 Å². The summed E-state index contributed by atoms with van der Waals surface area (Å²) in [5.74, 6) is -3.62. The first-order valence-corrected chi connectivity index (χ1v) is 8.98. The van der Waals surface area contributed by atoms with Gasteiger partial charge in [-0.15, -0.1) is 0 Å². The Morgan fingerprint density at radius 1 is 1.18 bits per heavy atom. The Kier molecular flexibility index (Phi) is 5.73. The number of nitrogens with one attached hydrogen (secondary N) is 1. The van der Waals surface area contributed by atoms with E-state index in [1.165, 1.54) is 24.3 Å². The number of hydrogen-bond donors (Lipinski definition) is 2. The van der Waals surface area contributed by atoms with Gasteiger partial charge in [0.05, 0.1) is 11.8 Å². The van der Waals surface area contributed by atoms with Gasteiger partial charge in [-0.2, -0.15) is 0 Å². The molecule has 0 aromatic heterocycles. The number of rotatable bonds is 6. The van der Waals surface area contributed by atoms with E-state index in [0.717, 1.165) is 11.3 Å². The molecule has 1 fully saturated rings. The Morgan fingerprint density at radius 3 is 2.43 bits per heavy atom. The molecule has 28 heavy (non-hydrogen) atoms. The molecule has 2 aromatic carbocycles. The largest absolute Gasteiger partial charge is 0.481 e. The van der Waals surface area contributed by atoms with Crippen molar-refractivity contribution >= 4 is 23.5 Å². The highest BCUT2D eigenvalue weighted by Crippen LogP contribution is 2.25. The van der Waals surface area contributed by atoms with E-state index >= 15 is 0 Å². The van der Waals surface area contributed by atoms with Crippen LogP contribution in [0.25, 0.3) is 0 Å². The first-order valence-electron chi connectivity index (χ1n) is 8.98. The van der Waals surface area contributed by atoms with Crippen molar-refractivity contribution in [2.75, 3.05) is 18.0 Å². The number of carbonyl (C=O) groups excluding carboxylic acids is 2. The van der Waals surface area contributed by atoms with Crippen LogP contribution < -0.4 is 10.2 Å². The van der Waals surface area contributed by atoms with Crippen LogP contribution in [0.4, 0.5) is 10.1 Å². The summed E-state index contributed by atoms with van der Waals surface area (Å²) < 4.78 is 13.1. The fraction of sp³-hybridized carbons (Fsp3) is 0.286. The van der Waals surface area contributed by atoms with E-state index in [4.69, 9.17) is 0 Å². The van der Waals surface area contributed by atoms with Crippen LogP contribution in [-0.2, 0) is 14.4 Å². The summed E-state index contributed by atoms with van der Waals surface area (Å²) >= 11 is 0. The number of nitrogens with zero attached hydrogens (tertiary/aromatic N) is 1. The quantitative estimate of drug-likeness (QED) is 0.801. The van der Waals surface area contributed by atoms with Gasteiger partial charge in [-0.3, -0.25) is 14.4 Å². The molecule has 1 heterocycles. The van der Waals surface area contributed by atoms with E-state index in [0.29, 0.717) is 5.56 Å². The number of carboxylic acid groups (broad SMARTS) is 1. The van der Waals surface area contributed by atoms with Gasteiger partial charge in [0.1, 0.15) is 5.82 Å². The Morgan fingerprint density at radius 2 is 1.82 bits per heavy atom. The van der Waals surface area contributed by atoms with Gasteiger partial charge in [-0.25, -0.2) is 4.39 Å². The summed E-state index contributed by atoms with van der Waals surface area (Å²) in [5.41, 5.74) is 2.21. The van der Waals surface area contributed by atoms with Crippen molar-refractivity contribution < 1.29 is 23.9 Å². The Bertz CT molecular complexity index is 880. The van der Waals surface area contributed by atoms with Gasteiger partial charge in [-0.05, 0) is 36.8 Å². The Balaban J connectivity index is 1.62. The van der Waals surface area contributed by atoms with E-state index in [1.807, 2.05) is 31.2 Å². The highest BCUT2D eigenvalue weighted by molar-refractivity contribution is 6.00. The number of benzene rings is 2. The van der Waals surface area contributed by atoms with E-state index in [2.05, 4.69) is 5.32 Å². The summed E-state index contributed by atoms with van der Waals surface area (Å²) in [6.07, 6.45) is 0.0774. The number of halogens is 1. The lowest BCUT2D eigenvalue weighted by Gasteiger charge is -2.18. The third kappa shape index (κ3) is 4.36. The smallest absolute Gasteiger partial charge is 0.312 e. The monoisotopic (exact) mass is 384 g/mol. The van der Waals surface area contributed by atoms with Crippen molar-refractivity contribution in [3.05, 3.63) is 65.5 Å². The van der Waals surface area contributed by atoms with E-state index < -0.39 is 23.6 Å². The zero-order valence-electron chi connectivity index (χ0n) is 15.4. The van der Waals surface area contributed by atoms with Crippen LogP contribution >= 0.6 is 0 Å². The highest BCUT2D eigenvalue weighted by atomic mass is 19.1. The fourth-order valence-corrected chi connectivity index (χ4v) is 3.25. The van der Waals surface area contributed by atoms with Crippen molar-refractivity contribution in [2.45, 2.75) is 19.3 Å². The number of carbonyl (C=O) groups is 3. The number of anilines is 1. The molecule has 2 amide bonds. The molecule has 6 nitrogen and oxygen atoms in total. The molecule has 0 saturated carbocycles. The van der Waals surface area contributed by atoms with E-state index in [1.54, 1.807) is 4.90 Å². The van der Waals surface area contributed by atoms with E-state index in [-0.39, 0.29) is 31.3 Å². The van der Waals surface area contributed by atoms with Crippen molar-refractivity contribution in [1.82, 2.24) is 5.32 Å². The molecule has 2 N–H and O–H groups in total. The summed E-state index contributed by atoms with van der Waals surface area (Å²) in [6.45, 7) is 2.07. The van der Waals surface area contributed by atoms with Crippen LogP contribution in [0.15, 0.2) is 48.5 Å². The highest BCUT2D eigenvalue weighted by Gasteiger charge is 2.35. The van der Waals surface area contributed by atoms with Gasteiger partial charge in [0, 0.05) is 25.2 Å². The second-order valence-corrected chi connectivity index (χ2v) is 6.93. The molecule has 1 saturated heterocycles. The molecule has 3 rings (SSSR count).